The smallest absolute Gasteiger partial charge is 0.220 e. The third-order valence-electron chi connectivity index (χ3n) is 3.50. The number of hydrogen-bond donors (Lipinski definition) is 1. The Morgan fingerprint density at radius 3 is 2.71 bits per heavy atom. The quantitative estimate of drug-likeness (QED) is 0.706. The highest BCUT2D eigenvalue weighted by Gasteiger charge is 2.08. The lowest BCUT2D eigenvalue weighted by molar-refractivity contribution is 0.452. The Hall–Kier alpha value is -2.20. The fourth-order valence-corrected chi connectivity index (χ4v) is 2.44. The van der Waals surface area contributed by atoms with Crippen molar-refractivity contribution in [2.75, 3.05) is 13.1 Å². The average Bonchev–Trinajstić information content (AvgIpc) is 2.96. The number of rotatable bonds is 6. The number of fused-ring (bicyclic) bond motifs is 1. The molecular weight excluding hydrogens is 262 g/mol. The Morgan fingerprint density at radius 2 is 1.81 bits per heavy atom. The third kappa shape index (κ3) is 3.28. The van der Waals surface area contributed by atoms with E-state index in [0.717, 1.165) is 19.5 Å². The van der Waals surface area contributed by atoms with E-state index in [-0.39, 0.29) is 0 Å². The van der Waals surface area contributed by atoms with Gasteiger partial charge in [0.2, 0.25) is 11.8 Å². The molecule has 0 aliphatic rings. The first-order valence-corrected chi connectivity index (χ1v) is 7.35. The van der Waals surface area contributed by atoms with Crippen LogP contribution in [-0.2, 0) is 12.8 Å². The molecule has 0 unspecified atom stereocenters. The van der Waals surface area contributed by atoms with Crippen LogP contribution in [0, 0.1) is 0 Å². The number of likely N-dealkylation sites (N-methyl/N-ethyl adjacent to an activating group) is 1. The molecule has 2 aromatic carbocycles. The molecule has 0 amide bonds. The van der Waals surface area contributed by atoms with E-state index in [9.17, 15) is 0 Å². The highest BCUT2D eigenvalue weighted by molar-refractivity contribution is 5.85. The van der Waals surface area contributed by atoms with E-state index in [4.69, 9.17) is 4.42 Å². The predicted octanol–water partition coefficient (Wildman–Crippen LogP) is 2.97. The minimum absolute atomic E-state index is 0.676. The van der Waals surface area contributed by atoms with Crippen LogP contribution in [0.5, 0.6) is 0 Å². The van der Waals surface area contributed by atoms with Crippen molar-refractivity contribution in [2.45, 2.75) is 19.8 Å². The van der Waals surface area contributed by atoms with Gasteiger partial charge in [0.15, 0.2) is 0 Å². The van der Waals surface area contributed by atoms with Gasteiger partial charge in [-0.3, -0.25) is 0 Å². The summed E-state index contributed by atoms with van der Waals surface area (Å²) in [5.41, 5.74) is 1.22. The molecule has 3 rings (SSSR count). The molecule has 21 heavy (non-hydrogen) atoms. The van der Waals surface area contributed by atoms with Gasteiger partial charge in [0.1, 0.15) is 0 Å². The van der Waals surface area contributed by atoms with Gasteiger partial charge in [-0.2, -0.15) is 0 Å². The van der Waals surface area contributed by atoms with Gasteiger partial charge in [0.05, 0.1) is 6.42 Å². The van der Waals surface area contributed by atoms with Crippen molar-refractivity contribution < 1.29 is 4.42 Å². The van der Waals surface area contributed by atoms with Crippen molar-refractivity contribution >= 4 is 10.8 Å². The molecule has 0 saturated carbocycles. The van der Waals surface area contributed by atoms with Gasteiger partial charge >= 0.3 is 0 Å². The maximum absolute atomic E-state index is 5.72. The molecule has 4 heteroatoms. The van der Waals surface area contributed by atoms with Gasteiger partial charge in [-0.25, -0.2) is 0 Å². The van der Waals surface area contributed by atoms with E-state index in [2.05, 4.69) is 64.9 Å². The summed E-state index contributed by atoms with van der Waals surface area (Å²) in [7, 11) is 0. The number of benzene rings is 2. The molecular formula is C17H19N3O. The van der Waals surface area contributed by atoms with Crippen LogP contribution in [0.2, 0.25) is 0 Å². The summed E-state index contributed by atoms with van der Waals surface area (Å²) in [6.45, 7) is 3.91. The lowest BCUT2D eigenvalue weighted by Gasteiger charge is -2.03. The molecule has 0 spiro atoms. The van der Waals surface area contributed by atoms with Crippen LogP contribution in [0.1, 0.15) is 24.3 Å². The van der Waals surface area contributed by atoms with Crippen LogP contribution in [0.3, 0.4) is 0 Å². The molecule has 0 atom stereocenters. The standard InChI is InChI=1S/C17H19N3O/c1-2-18-11-10-16-19-20-17(21-16)12-14-8-5-7-13-6-3-4-9-15(13)14/h3-9,18H,2,10-12H2,1H3. The molecule has 3 aromatic rings. The Kier molecular flexibility index (Phi) is 4.26. The fourth-order valence-electron chi connectivity index (χ4n) is 2.44. The van der Waals surface area contributed by atoms with Crippen molar-refractivity contribution in [1.29, 1.82) is 0 Å². The molecule has 1 N–H and O–H groups in total. The number of aromatic nitrogens is 2. The minimum atomic E-state index is 0.676. The summed E-state index contributed by atoms with van der Waals surface area (Å²) >= 11 is 0. The van der Waals surface area contributed by atoms with E-state index < -0.39 is 0 Å². The van der Waals surface area contributed by atoms with Gasteiger partial charge in [0, 0.05) is 13.0 Å². The Labute approximate surface area is 124 Å². The zero-order valence-corrected chi connectivity index (χ0v) is 12.2. The maximum Gasteiger partial charge on any atom is 0.220 e. The van der Waals surface area contributed by atoms with Crippen molar-refractivity contribution in [3.05, 3.63) is 59.8 Å². The molecule has 0 radical (unpaired) electrons. The molecule has 0 aliphatic heterocycles. The van der Waals surface area contributed by atoms with Crippen LogP contribution in [-0.4, -0.2) is 23.3 Å². The van der Waals surface area contributed by atoms with E-state index in [1.54, 1.807) is 0 Å². The largest absolute Gasteiger partial charge is 0.425 e. The average molecular weight is 281 g/mol. The maximum atomic E-state index is 5.72. The van der Waals surface area contributed by atoms with E-state index in [1.165, 1.54) is 16.3 Å². The van der Waals surface area contributed by atoms with Crippen molar-refractivity contribution in [3.8, 4) is 0 Å². The van der Waals surface area contributed by atoms with Crippen LogP contribution in [0.4, 0.5) is 0 Å². The Balaban J connectivity index is 1.76. The van der Waals surface area contributed by atoms with E-state index in [0.29, 0.717) is 18.2 Å². The zero-order valence-electron chi connectivity index (χ0n) is 12.2. The van der Waals surface area contributed by atoms with Gasteiger partial charge in [-0.05, 0) is 22.9 Å². The molecule has 4 nitrogen and oxygen atoms in total. The minimum Gasteiger partial charge on any atom is -0.425 e. The fraction of sp³-hybridized carbons (Fsp3) is 0.294. The van der Waals surface area contributed by atoms with Crippen molar-refractivity contribution in [2.24, 2.45) is 0 Å². The van der Waals surface area contributed by atoms with Crippen LogP contribution in [0.15, 0.2) is 46.9 Å². The number of hydrogen-bond acceptors (Lipinski definition) is 4. The highest BCUT2D eigenvalue weighted by Crippen LogP contribution is 2.20. The molecule has 0 fully saturated rings. The normalized spacial score (nSPS) is 11.1. The van der Waals surface area contributed by atoms with Gasteiger partial charge in [-0.1, -0.05) is 49.4 Å². The summed E-state index contributed by atoms with van der Waals surface area (Å²) < 4.78 is 5.72. The van der Waals surface area contributed by atoms with Crippen LogP contribution < -0.4 is 5.32 Å². The topological polar surface area (TPSA) is 51.0 Å². The molecule has 0 saturated heterocycles. The van der Waals surface area contributed by atoms with Crippen molar-refractivity contribution in [1.82, 2.24) is 15.5 Å². The second-order valence-corrected chi connectivity index (χ2v) is 5.01. The first-order valence-electron chi connectivity index (χ1n) is 7.35. The van der Waals surface area contributed by atoms with Gasteiger partial charge in [0.25, 0.3) is 0 Å². The summed E-state index contributed by atoms with van der Waals surface area (Å²) in [6, 6.07) is 14.7. The van der Waals surface area contributed by atoms with Gasteiger partial charge in [-0.15, -0.1) is 10.2 Å². The molecule has 0 aliphatic carbocycles. The van der Waals surface area contributed by atoms with E-state index >= 15 is 0 Å². The second kappa shape index (κ2) is 6.50. The first-order chi connectivity index (χ1) is 10.4. The lowest BCUT2D eigenvalue weighted by atomic mass is 10.0. The van der Waals surface area contributed by atoms with E-state index in [1.807, 2.05) is 0 Å². The first kappa shape index (κ1) is 13.8. The van der Waals surface area contributed by atoms with Gasteiger partial charge < -0.3 is 9.73 Å². The SMILES string of the molecule is CCNCCc1nnc(Cc2cccc3ccccc23)o1. The molecule has 108 valence electrons. The third-order valence-corrected chi connectivity index (χ3v) is 3.50. The summed E-state index contributed by atoms with van der Waals surface area (Å²) in [6.07, 6.45) is 1.45. The number of nitrogens with zero attached hydrogens (tertiary/aromatic N) is 2. The molecule has 1 aromatic heterocycles. The molecule has 0 bridgehead atoms. The van der Waals surface area contributed by atoms with Crippen molar-refractivity contribution in [3.63, 3.8) is 0 Å². The lowest BCUT2D eigenvalue weighted by Crippen LogP contribution is -2.16. The molecule has 1 heterocycles. The zero-order chi connectivity index (χ0) is 14.5. The Morgan fingerprint density at radius 1 is 1.00 bits per heavy atom. The second-order valence-electron chi connectivity index (χ2n) is 5.01. The summed E-state index contributed by atoms with van der Waals surface area (Å²) in [5, 5.41) is 14.0. The summed E-state index contributed by atoms with van der Waals surface area (Å²) in [4.78, 5) is 0. The summed E-state index contributed by atoms with van der Waals surface area (Å²) in [5.74, 6) is 1.38. The monoisotopic (exact) mass is 281 g/mol. The number of nitrogens with one attached hydrogen (secondary N) is 1. The van der Waals surface area contributed by atoms with Crippen LogP contribution in [0.25, 0.3) is 10.8 Å². The Bertz CT molecular complexity index is 715. The predicted molar refractivity (Wildman–Crippen MR) is 83.3 cm³/mol. The highest BCUT2D eigenvalue weighted by atomic mass is 16.4. The van der Waals surface area contributed by atoms with Crippen LogP contribution >= 0.6 is 0 Å².